The van der Waals surface area contributed by atoms with E-state index in [1.807, 2.05) is 18.7 Å². The molecule has 2 heterocycles. The summed E-state index contributed by atoms with van der Waals surface area (Å²) >= 11 is 1.62. The third-order valence-corrected chi connectivity index (χ3v) is 4.64. The van der Waals surface area contributed by atoms with Gasteiger partial charge in [0.05, 0.1) is 12.2 Å². The topological polar surface area (TPSA) is 28.6 Å². The van der Waals surface area contributed by atoms with Crippen LogP contribution in [0.3, 0.4) is 0 Å². The Kier molecular flexibility index (Phi) is 6.47. The zero-order valence-corrected chi connectivity index (χ0v) is 13.4. The number of hydrogen-bond acceptors (Lipinski definition) is 5. The molecule has 1 aromatic rings. The first-order chi connectivity index (χ1) is 10.1. The number of piperazine rings is 1. The minimum atomic E-state index is -2.24. The van der Waals surface area contributed by atoms with Crippen molar-refractivity contribution in [3.05, 3.63) is 16.1 Å². The van der Waals surface area contributed by atoms with E-state index < -0.39 is 6.43 Å². The molecule has 4 nitrogen and oxygen atoms in total. The molecule has 0 saturated carbocycles. The maximum atomic E-state index is 12.3. The predicted molar refractivity (Wildman–Crippen MR) is 79.9 cm³/mol. The van der Waals surface area contributed by atoms with Crippen molar-refractivity contribution in [2.75, 3.05) is 39.3 Å². The van der Waals surface area contributed by atoms with Crippen molar-refractivity contribution in [1.29, 1.82) is 0 Å². The summed E-state index contributed by atoms with van der Waals surface area (Å²) in [4.78, 5) is 8.70. The lowest BCUT2D eigenvalue weighted by Gasteiger charge is -2.34. The van der Waals surface area contributed by atoms with E-state index >= 15 is 0 Å². The molecule has 2 rings (SSSR count). The molecule has 1 aliphatic rings. The van der Waals surface area contributed by atoms with Crippen LogP contribution in [0.25, 0.3) is 0 Å². The molecule has 120 valence electrons. The van der Waals surface area contributed by atoms with E-state index in [1.165, 1.54) is 0 Å². The van der Waals surface area contributed by atoms with Gasteiger partial charge in [0.15, 0.2) is 0 Å². The summed E-state index contributed by atoms with van der Waals surface area (Å²) in [5.41, 5.74) is 1.05. The van der Waals surface area contributed by atoms with Crippen molar-refractivity contribution in [2.24, 2.45) is 0 Å². The molecule has 1 saturated heterocycles. The summed E-state index contributed by atoms with van der Waals surface area (Å²) in [5.74, 6) is 0. The molecular weight excluding hydrogens is 296 g/mol. The molecule has 0 amide bonds. The van der Waals surface area contributed by atoms with Gasteiger partial charge < -0.3 is 4.74 Å². The molecular formula is C14H23F2N3OS. The van der Waals surface area contributed by atoms with Gasteiger partial charge in [-0.2, -0.15) is 0 Å². The average Bonchev–Trinajstić information content (AvgIpc) is 2.89. The quantitative estimate of drug-likeness (QED) is 0.772. The van der Waals surface area contributed by atoms with Crippen LogP contribution in [0.2, 0.25) is 0 Å². The first-order valence-corrected chi connectivity index (χ1v) is 8.25. The summed E-state index contributed by atoms with van der Waals surface area (Å²) in [6.45, 7) is 8.40. The Hall–Kier alpha value is -0.630. The molecule has 0 bridgehead atoms. The molecule has 0 radical (unpaired) electrons. The maximum Gasteiger partial charge on any atom is 0.251 e. The van der Waals surface area contributed by atoms with Gasteiger partial charge in [-0.15, -0.1) is 11.3 Å². The fourth-order valence-electron chi connectivity index (χ4n) is 2.46. The van der Waals surface area contributed by atoms with Gasteiger partial charge in [-0.05, 0) is 13.8 Å². The number of thiazole rings is 1. The number of ether oxygens (including phenoxy) is 1. The highest BCUT2D eigenvalue weighted by Gasteiger charge is 2.20. The highest BCUT2D eigenvalue weighted by atomic mass is 32.1. The van der Waals surface area contributed by atoms with Gasteiger partial charge in [0.1, 0.15) is 11.1 Å². The highest BCUT2D eigenvalue weighted by Crippen LogP contribution is 2.22. The molecule has 1 aliphatic heterocycles. The molecule has 0 aliphatic carbocycles. The van der Waals surface area contributed by atoms with Crippen LogP contribution in [-0.4, -0.2) is 60.5 Å². The Bertz CT molecular complexity index is 422. The first-order valence-electron chi connectivity index (χ1n) is 7.37. The third kappa shape index (κ3) is 5.25. The highest BCUT2D eigenvalue weighted by molar-refractivity contribution is 7.09. The Morgan fingerprint density at radius 1 is 1.29 bits per heavy atom. The number of nitrogens with zero attached hydrogens (tertiary/aromatic N) is 3. The predicted octanol–water partition coefficient (Wildman–Crippen LogP) is 2.62. The van der Waals surface area contributed by atoms with Crippen LogP contribution in [0.15, 0.2) is 5.38 Å². The molecule has 21 heavy (non-hydrogen) atoms. The zero-order valence-electron chi connectivity index (χ0n) is 12.6. The summed E-state index contributed by atoms with van der Waals surface area (Å²) < 4.78 is 30.2. The van der Waals surface area contributed by atoms with Crippen LogP contribution in [-0.2, 0) is 11.3 Å². The average molecular weight is 319 g/mol. The van der Waals surface area contributed by atoms with Crippen molar-refractivity contribution >= 4 is 11.3 Å². The molecule has 1 aromatic heterocycles. The van der Waals surface area contributed by atoms with E-state index in [-0.39, 0.29) is 12.6 Å². The first kappa shape index (κ1) is 16.7. The van der Waals surface area contributed by atoms with Gasteiger partial charge >= 0.3 is 0 Å². The summed E-state index contributed by atoms with van der Waals surface area (Å²) in [6, 6.07) is 0. The number of rotatable bonds is 7. The fourth-order valence-corrected chi connectivity index (χ4v) is 3.27. The van der Waals surface area contributed by atoms with Crippen molar-refractivity contribution in [3.8, 4) is 0 Å². The molecule has 7 heteroatoms. The van der Waals surface area contributed by atoms with Gasteiger partial charge in [-0.25, -0.2) is 13.8 Å². The lowest BCUT2D eigenvalue weighted by Crippen LogP contribution is -2.47. The number of aromatic nitrogens is 1. The van der Waals surface area contributed by atoms with Crippen LogP contribution in [0.4, 0.5) is 8.78 Å². The fraction of sp³-hybridized carbons (Fsp3) is 0.786. The molecule has 0 aromatic carbocycles. The second-order valence-corrected chi connectivity index (χ2v) is 6.13. The van der Waals surface area contributed by atoms with E-state index in [0.29, 0.717) is 19.7 Å². The van der Waals surface area contributed by atoms with Gasteiger partial charge in [-0.1, -0.05) is 0 Å². The second-order valence-electron chi connectivity index (χ2n) is 5.24. The summed E-state index contributed by atoms with van der Waals surface area (Å²) in [6.07, 6.45) is -2.20. The molecule has 1 atom stereocenters. The molecule has 1 fully saturated rings. The van der Waals surface area contributed by atoms with E-state index in [2.05, 4.69) is 15.3 Å². The minimum absolute atomic E-state index is 0.0386. The SMILES string of the molecule is CCOC(C)c1nc(CN2CCN(CC(F)F)CC2)cs1. The lowest BCUT2D eigenvalue weighted by molar-refractivity contribution is 0.0539. The Morgan fingerprint density at radius 2 is 1.95 bits per heavy atom. The summed E-state index contributed by atoms with van der Waals surface area (Å²) in [7, 11) is 0. The van der Waals surface area contributed by atoms with Crippen molar-refractivity contribution in [3.63, 3.8) is 0 Å². The third-order valence-electron chi connectivity index (χ3n) is 3.58. The molecule has 0 spiro atoms. The molecule has 1 unspecified atom stereocenters. The van der Waals surface area contributed by atoms with E-state index in [0.717, 1.165) is 30.3 Å². The largest absolute Gasteiger partial charge is 0.372 e. The minimum Gasteiger partial charge on any atom is -0.372 e. The number of alkyl halides is 2. The van der Waals surface area contributed by atoms with E-state index in [1.54, 1.807) is 11.3 Å². The van der Waals surface area contributed by atoms with Crippen molar-refractivity contribution in [2.45, 2.75) is 32.9 Å². The zero-order chi connectivity index (χ0) is 15.2. The van der Waals surface area contributed by atoms with Gasteiger partial charge in [0, 0.05) is 44.7 Å². The number of hydrogen-bond donors (Lipinski definition) is 0. The second kappa shape index (κ2) is 8.12. The van der Waals surface area contributed by atoms with Gasteiger partial charge in [0.25, 0.3) is 6.43 Å². The Labute approximate surface area is 128 Å². The Morgan fingerprint density at radius 3 is 2.57 bits per heavy atom. The van der Waals surface area contributed by atoms with Gasteiger partial charge in [0.2, 0.25) is 0 Å². The summed E-state index contributed by atoms with van der Waals surface area (Å²) in [5, 5.41) is 3.07. The Balaban J connectivity index is 1.78. The lowest BCUT2D eigenvalue weighted by atomic mass is 10.3. The molecule has 0 N–H and O–H groups in total. The van der Waals surface area contributed by atoms with Crippen molar-refractivity contribution < 1.29 is 13.5 Å². The normalized spacial score (nSPS) is 19.3. The van der Waals surface area contributed by atoms with Crippen LogP contribution in [0, 0.1) is 0 Å². The standard InChI is InChI=1S/C14H23F2N3OS/c1-3-20-11(2)14-17-12(10-21-14)8-18-4-6-19(7-5-18)9-13(15)16/h10-11,13H,3-9H2,1-2H3. The van der Waals surface area contributed by atoms with Crippen LogP contribution in [0.1, 0.15) is 30.7 Å². The monoisotopic (exact) mass is 319 g/mol. The van der Waals surface area contributed by atoms with Crippen LogP contribution < -0.4 is 0 Å². The van der Waals surface area contributed by atoms with E-state index in [4.69, 9.17) is 4.74 Å². The van der Waals surface area contributed by atoms with E-state index in [9.17, 15) is 8.78 Å². The van der Waals surface area contributed by atoms with Gasteiger partial charge in [-0.3, -0.25) is 9.80 Å². The van der Waals surface area contributed by atoms with Crippen LogP contribution in [0.5, 0.6) is 0 Å². The smallest absolute Gasteiger partial charge is 0.251 e. The number of halogens is 2. The van der Waals surface area contributed by atoms with Crippen LogP contribution >= 0.6 is 11.3 Å². The van der Waals surface area contributed by atoms with Crippen molar-refractivity contribution in [1.82, 2.24) is 14.8 Å². The maximum absolute atomic E-state index is 12.3.